The first kappa shape index (κ1) is 23.4. The van der Waals surface area contributed by atoms with Gasteiger partial charge in [-0.05, 0) is 36.0 Å². The topological polar surface area (TPSA) is 113 Å². The van der Waals surface area contributed by atoms with Gasteiger partial charge in [0.05, 0.1) is 18.8 Å². The quantitative estimate of drug-likeness (QED) is 0.548. The summed E-state index contributed by atoms with van der Waals surface area (Å²) >= 11 is 1.57. The molecule has 0 spiro atoms. The van der Waals surface area contributed by atoms with E-state index in [0.29, 0.717) is 12.1 Å². The summed E-state index contributed by atoms with van der Waals surface area (Å²) < 4.78 is 5.40. The van der Waals surface area contributed by atoms with Gasteiger partial charge in [-0.15, -0.1) is 11.3 Å². The number of primary amides is 1. The number of aliphatic carboxylic acids is 1. The minimum absolute atomic E-state index is 0.0241. The maximum Gasteiger partial charge on any atom is 0.303 e. The molecule has 2 aliphatic heterocycles. The number of thiophene rings is 1. The number of ether oxygens (including phenoxy) is 1. The number of hydrogen-bond donors (Lipinski definition) is 2. The fourth-order valence-electron chi connectivity index (χ4n) is 4.43. The predicted molar refractivity (Wildman–Crippen MR) is 124 cm³/mol. The number of carbonyl (C=O) groups is 3. The van der Waals surface area contributed by atoms with Crippen LogP contribution in [-0.4, -0.2) is 65.0 Å². The lowest BCUT2D eigenvalue weighted by molar-refractivity contribution is -0.137. The van der Waals surface area contributed by atoms with Crippen LogP contribution in [0.5, 0.6) is 0 Å². The van der Waals surface area contributed by atoms with Crippen LogP contribution in [0.3, 0.4) is 0 Å². The smallest absolute Gasteiger partial charge is 0.303 e. The van der Waals surface area contributed by atoms with Crippen LogP contribution in [0.15, 0.2) is 29.6 Å². The number of morpholine rings is 1. The van der Waals surface area contributed by atoms with Gasteiger partial charge in [-0.3, -0.25) is 19.3 Å². The molecule has 2 aliphatic rings. The SMILES string of the molecule is NC(=O)C(CCC(=O)O)N1Cc2c(csc2CCc2ccc(CN3CCOCC3)cc2)C1=O. The van der Waals surface area contributed by atoms with Crippen molar-refractivity contribution < 1.29 is 24.2 Å². The number of aryl methyl sites for hydroxylation is 2. The zero-order chi connectivity index (χ0) is 23.4. The number of rotatable bonds is 10. The van der Waals surface area contributed by atoms with Crippen molar-refractivity contribution in [2.45, 2.75) is 44.8 Å². The largest absolute Gasteiger partial charge is 0.481 e. The molecule has 0 bridgehead atoms. The van der Waals surface area contributed by atoms with Crippen molar-refractivity contribution in [3.8, 4) is 0 Å². The molecule has 2 amide bonds. The Bertz CT molecular complexity index is 1010. The van der Waals surface area contributed by atoms with Crippen LogP contribution in [0.4, 0.5) is 0 Å². The highest BCUT2D eigenvalue weighted by Gasteiger charge is 2.37. The van der Waals surface area contributed by atoms with Gasteiger partial charge in [0.2, 0.25) is 5.91 Å². The van der Waals surface area contributed by atoms with Crippen LogP contribution in [0, 0.1) is 0 Å². The monoisotopic (exact) mass is 471 g/mol. The van der Waals surface area contributed by atoms with E-state index in [4.69, 9.17) is 15.6 Å². The molecule has 9 heteroatoms. The summed E-state index contributed by atoms with van der Waals surface area (Å²) in [5.74, 6) is -1.93. The Morgan fingerprint density at radius 1 is 1.12 bits per heavy atom. The van der Waals surface area contributed by atoms with Crippen LogP contribution in [-0.2, 0) is 40.3 Å². The normalized spacial score (nSPS) is 17.2. The number of amides is 2. The first-order chi connectivity index (χ1) is 15.9. The van der Waals surface area contributed by atoms with E-state index in [1.54, 1.807) is 11.3 Å². The van der Waals surface area contributed by atoms with E-state index in [9.17, 15) is 14.4 Å². The number of carbonyl (C=O) groups excluding carboxylic acids is 2. The van der Waals surface area contributed by atoms with E-state index in [1.165, 1.54) is 16.0 Å². The first-order valence-corrected chi connectivity index (χ1v) is 12.1. The molecule has 1 aromatic heterocycles. The minimum Gasteiger partial charge on any atom is -0.481 e. The molecule has 1 aromatic carbocycles. The fraction of sp³-hybridized carbons (Fsp3) is 0.458. The Kier molecular flexibility index (Phi) is 7.42. The number of benzene rings is 1. The Labute approximate surface area is 196 Å². The average Bonchev–Trinajstić information content (AvgIpc) is 3.34. The van der Waals surface area contributed by atoms with Crippen molar-refractivity contribution in [2.24, 2.45) is 5.73 Å². The van der Waals surface area contributed by atoms with Gasteiger partial charge >= 0.3 is 5.97 Å². The van der Waals surface area contributed by atoms with E-state index in [-0.39, 0.29) is 18.7 Å². The number of carboxylic acid groups (broad SMARTS) is 1. The molecule has 3 heterocycles. The molecule has 8 nitrogen and oxygen atoms in total. The van der Waals surface area contributed by atoms with Gasteiger partial charge in [0.25, 0.3) is 5.91 Å². The Hall–Kier alpha value is -2.75. The van der Waals surface area contributed by atoms with E-state index >= 15 is 0 Å². The predicted octanol–water partition coefficient (Wildman–Crippen LogP) is 2.04. The Morgan fingerprint density at radius 2 is 1.82 bits per heavy atom. The van der Waals surface area contributed by atoms with Gasteiger partial charge in [-0.2, -0.15) is 0 Å². The second kappa shape index (κ2) is 10.5. The van der Waals surface area contributed by atoms with Crippen molar-refractivity contribution in [1.29, 1.82) is 0 Å². The third kappa shape index (κ3) is 5.61. The molecule has 0 aliphatic carbocycles. The highest BCUT2D eigenvalue weighted by atomic mass is 32.1. The summed E-state index contributed by atoms with van der Waals surface area (Å²) in [6.45, 7) is 4.76. The lowest BCUT2D eigenvalue weighted by Gasteiger charge is -2.26. The molecule has 1 unspecified atom stereocenters. The number of nitrogens with two attached hydrogens (primary N) is 1. The van der Waals surface area contributed by atoms with Crippen LogP contribution in [0.1, 0.15) is 44.8 Å². The van der Waals surface area contributed by atoms with Crippen molar-refractivity contribution in [2.75, 3.05) is 26.3 Å². The van der Waals surface area contributed by atoms with Gasteiger partial charge in [0, 0.05) is 42.9 Å². The van der Waals surface area contributed by atoms with Crippen LogP contribution in [0.2, 0.25) is 0 Å². The molecule has 1 fully saturated rings. The molecule has 1 saturated heterocycles. The molecular formula is C24H29N3O5S. The molecule has 1 atom stereocenters. The summed E-state index contributed by atoms with van der Waals surface area (Å²) in [7, 11) is 0. The maximum atomic E-state index is 12.8. The highest BCUT2D eigenvalue weighted by molar-refractivity contribution is 7.10. The van der Waals surface area contributed by atoms with Crippen molar-refractivity contribution in [3.05, 3.63) is 56.8 Å². The summed E-state index contributed by atoms with van der Waals surface area (Å²) in [6, 6.07) is 7.77. The van der Waals surface area contributed by atoms with Gasteiger partial charge < -0.3 is 20.5 Å². The summed E-state index contributed by atoms with van der Waals surface area (Å²) in [5, 5.41) is 10.8. The van der Waals surface area contributed by atoms with Crippen molar-refractivity contribution >= 4 is 29.1 Å². The summed E-state index contributed by atoms with van der Waals surface area (Å²) in [6.07, 6.45) is 1.48. The highest BCUT2D eigenvalue weighted by Crippen LogP contribution is 2.34. The number of fused-ring (bicyclic) bond motifs is 1. The van der Waals surface area contributed by atoms with Crippen LogP contribution < -0.4 is 5.73 Å². The maximum absolute atomic E-state index is 12.8. The lowest BCUT2D eigenvalue weighted by atomic mass is 10.0. The molecule has 33 heavy (non-hydrogen) atoms. The van der Waals surface area contributed by atoms with Gasteiger partial charge in [0.1, 0.15) is 6.04 Å². The Balaban J connectivity index is 1.36. The molecular weight excluding hydrogens is 442 g/mol. The molecule has 176 valence electrons. The van der Waals surface area contributed by atoms with E-state index in [2.05, 4.69) is 29.2 Å². The molecule has 3 N–H and O–H groups in total. The zero-order valence-corrected chi connectivity index (χ0v) is 19.3. The third-order valence-electron chi connectivity index (χ3n) is 6.31. The average molecular weight is 472 g/mol. The van der Waals surface area contributed by atoms with Gasteiger partial charge in [-0.25, -0.2) is 0 Å². The third-order valence-corrected chi connectivity index (χ3v) is 7.40. The van der Waals surface area contributed by atoms with E-state index in [0.717, 1.165) is 56.1 Å². The minimum atomic E-state index is -1.02. The van der Waals surface area contributed by atoms with E-state index in [1.807, 2.05) is 5.38 Å². The number of nitrogens with zero attached hydrogens (tertiary/aromatic N) is 2. The lowest BCUT2D eigenvalue weighted by Crippen LogP contribution is -2.45. The zero-order valence-electron chi connectivity index (χ0n) is 18.5. The van der Waals surface area contributed by atoms with Crippen molar-refractivity contribution in [1.82, 2.24) is 9.80 Å². The van der Waals surface area contributed by atoms with Gasteiger partial charge in [-0.1, -0.05) is 24.3 Å². The van der Waals surface area contributed by atoms with Crippen molar-refractivity contribution in [3.63, 3.8) is 0 Å². The Morgan fingerprint density at radius 3 is 2.48 bits per heavy atom. The van der Waals surface area contributed by atoms with Gasteiger partial charge in [0.15, 0.2) is 0 Å². The summed E-state index contributed by atoms with van der Waals surface area (Å²) in [5.41, 5.74) is 9.56. The van der Waals surface area contributed by atoms with E-state index < -0.39 is 17.9 Å². The molecule has 2 aromatic rings. The standard InChI is InChI=1S/C24H29N3O5S/c25-23(30)20(6-8-22(28)29)27-14-18-19(24(27)31)15-33-21(18)7-5-16-1-3-17(4-2-16)13-26-9-11-32-12-10-26/h1-4,15,20H,5-14H2,(H2,25,30)(H,28,29). The molecule has 4 rings (SSSR count). The fourth-order valence-corrected chi connectivity index (χ4v) is 5.47. The second-order valence-electron chi connectivity index (χ2n) is 8.54. The molecule has 0 radical (unpaired) electrons. The molecule has 0 saturated carbocycles. The number of hydrogen-bond acceptors (Lipinski definition) is 6. The van der Waals surface area contributed by atoms with Crippen LogP contribution >= 0.6 is 11.3 Å². The second-order valence-corrected chi connectivity index (χ2v) is 9.50. The first-order valence-electron chi connectivity index (χ1n) is 11.2. The van der Waals surface area contributed by atoms with Crippen LogP contribution in [0.25, 0.3) is 0 Å². The number of carboxylic acids is 1. The summed E-state index contributed by atoms with van der Waals surface area (Å²) in [4.78, 5) is 40.6.